The second-order valence-corrected chi connectivity index (χ2v) is 6.67. The van der Waals surface area contributed by atoms with Crippen molar-refractivity contribution in [1.82, 2.24) is 19.7 Å². The number of halogens is 1. The van der Waals surface area contributed by atoms with Crippen LogP contribution in [0.2, 0.25) is 5.02 Å². The molecule has 0 saturated carbocycles. The average Bonchev–Trinajstić information content (AvgIpc) is 2.72. The van der Waals surface area contributed by atoms with Crippen molar-refractivity contribution in [1.29, 1.82) is 0 Å². The maximum atomic E-state index is 12.5. The van der Waals surface area contributed by atoms with Crippen molar-refractivity contribution >= 4 is 17.5 Å². The summed E-state index contributed by atoms with van der Waals surface area (Å²) >= 11 is 5.87. The fourth-order valence-electron chi connectivity index (χ4n) is 2.63. The van der Waals surface area contributed by atoms with Crippen molar-refractivity contribution in [2.45, 2.75) is 19.9 Å². The van der Waals surface area contributed by atoms with Gasteiger partial charge in [0.1, 0.15) is 0 Å². The monoisotopic (exact) mass is 398 g/mol. The lowest BCUT2D eigenvalue weighted by Gasteiger charge is -2.10. The predicted molar refractivity (Wildman–Crippen MR) is 107 cm³/mol. The van der Waals surface area contributed by atoms with Crippen molar-refractivity contribution < 1.29 is 4.79 Å². The number of carbonyl (C=O) groups excluding carboxylic acids is 1. The molecule has 0 saturated heterocycles. The largest absolute Gasteiger partial charge is 0.351 e. The van der Waals surface area contributed by atoms with Gasteiger partial charge in [-0.1, -0.05) is 42.8 Å². The van der Waals surface area contributed by atoms with Gasteiger partial charge in [0.05, 0.1) is 5.69 Å². The van der Waals surface area contributed by atoms with Crippen LogP contribution in [0.25, 0.3) is 5.69 Å². The summed E-state index contributed by atoms with van der Waals surface area (Å²) < 4.78 is 1.86. The fourth-order valence-corrected chi connectivity index (χ4v) is 2.75. The molecule has 1 heterocycles. The van der Waals surface area contributed by atoms with E-state index in [1.807, 2.05) is 24.3 Å². The Morgan fingerprint density at radius 2 is 1.64 bits per heavy atom. The summed E-state index contributed by atoms with van der Waals surface area (Å²) in [6.45, 7) is 2.31. The molecule has 3 aromatic rings. The molecule has 0 aliphatic rings. The minimum atomic E-state index is -0.756. The van der Waals surface area contributed by atoms with E-state index in [0.717, 1.165) is 21.2 Å². The van der Waals surface area contributed by atoms with Crippen LogP contribution in [0.4, 0.5) is 0 Å². The van der Waals surface area contributed by atoms with E-state index in [9.17, 15) is 14.4 Å². The third kappa shape index (κ3) is 4.04. The summed E-state index contributed by atoms with van der Waals surface area (Å²) in [6, 6.07) is 14.2. The van der Waals surface area contributed by atoms with Crippen LogP contribution in [0.15, 0.2) is 58.1 Å². The van der Waals surface area contributed by atoms with Crippen molar-refractivity contribution in [3.8, 4) is 5.69 Å². The molecule has 0 fully saturated rings. The number of aryl methyl sites for hydroxylation is 1. The molecule has 7 nitrogen and oxygen atoms in total. The molecule has 0 bridgehead atoms. The van der Waals surface area contributed by atoms with Crippen LogP contribution in [-0.2, 0) is 20.0 Å². The Morgan fingerprint density at radius 3 is 2.25 bits per heavy atom. The Labute approximate surface area is 166 Å². The number of amides is 1. The summed E-state index contributed by atoms with van der Waals surface area (Å²) in [7, 11) is 1.30. The molecular weight excluding hydrogens is 380 g/mol. The number of hydrogen-bond acceptors (Lipinski definition) is 4. The van der Waals surface area contributed by atoms with E-state index in [1.54, 1.807) is 24.3 Å². The number of nitrogens with one attached hydrogen (secondary N) is 1. The summed E-state index contributed by atoms with van der Waals surface area (Å²) in [5.41, 5.74) is 0.721. The topological polar surface area (TPSA) is 86.0 Å². The summed E-state index contributed by atoms with van der Waals surface area (Å²) in [5, 5.41) is 7.16. The first-order valence-corrected chi connectivity index (χ1v) is 9.11. The first kappa shape index (κ1) is 19.6. The summed E-state index contributed by atoms with van der Waals surface area (Å²) in [5.74, 6) is -0.650. The Kier molecular flexibility index (Phi) is 5.75. The van der Waals surface area contributed by atoms with E-state index in [-0.39, 0.29) is 12.2 Å². The zero-order valence-corrected chi connectivity index (χ0v) is 16.2. The lowest BCUT2D eigenvalue weighted by molar-refractivity contribution is 0.0941. The van der Waals surface area contributed by atoms with Gasteiger partial charge in [0.2, 0.25) is 5.69 Å². The lowest BCUT2D eigenvalue weighted by atomic mass is 10.1. The van der Waals surface area contributed by atoms with E-state index in [0.29, 0.717) is 10.7 Å². The molecule has 3 rings (SSSR count). The second kappa shape index (κ2) is 8.22. The van der Waals surface area contributed by atoms with Gasteiger partial charge in [-0.2, -0.15) is 9.78 Å². The van der Waals surface area contributed by atoms with Crippen molar-refractivity contribution in [3.63, 3.8) is 0 Å². The van der Waals surface area contributed by atoms with Crippen LogP contribution in [0.5, 0.6) is 0 Å². The van der Waals surface area contributed by atoms with Gasteiger partial charge < -0.3 is 5.32 Å². The minimum absolute atomic E-state index is 0.244. The van der Waals surface area contributed by atoms with Crippen LogP contribution >= 0.6 is 11.6 Å². The first-order chi connectivity index (χ1) is 13.4. The maximum absolute atomic E-state index is 12.5. The maximum Gasteiger partial charge on any atom is 0.351 e. The van der Waals surface area contributed by atoms with Crippen molar-refractivity contribution in [2.24, 2.45) is 7.05 Å². The Bertz CT molecular complexity index is 1120. The van der Waals surface area contributed by atoms with Gasteiger partial charge in [-0.05, 0) is 41.8 Å². The number of benzene rings is 2. The molecule has 1 amide bonds. The van der Waals surface area contributed by atoms with Gasteiger partial charge in [0.25, 0.3) is 11.5 Å². The Morgan fingerprint density at radius 1 is 1.04 bits per heavy atom. The van der Waals surface area contributed by atoms with E-state index >= 15 is 0 Å². The van der Waals surface area contributed by atoms with Gasteiger partial charge in [-0.15, -0.1) is 0 Å². The van der Waals surface area contributed by atoms with E-state index in [2.05, 4.69) is 17.3 Å². The highest BCUT2D eigenvalue weighted by molar-refractivity contribution is 6.30. The van der Waals surface area contributed by atoms with Crippen LogP contribution in [-0.4, -0.2) is 20.3 Å². The molecule has 8 heteroatoms. The SMILES string of the molecule is CCc1ccc(CNC(=O)c2nn(-c3ccc(Cl)cc3)c(=O)n(C)c2=O)cc1. The average molecular weight is 399 g/mol. The first-order valence-electron chi connectivity index (χ1n) is 8.73. The smallest absolute Gasteiger partial charge is 0.346 e. The molecule has 0 unspecified atom stereocenters. The number of nitrogens with zero attached hydrogens (tertiary/aromatic N) is 3. The zero-order valence-electron chi connectivity index (χ0n) is 15.5. The molecular formula is C20H19ClN4O3. The Balaban J connectivity index is 1.89. The minimum Gasteiger partial charge on any atom is -0.346 e. The highest BCUT2D eigenvalue weighted by atomic mass is 35.5. The van der Waals surface area contributed by atoms with Gasteiger partial charge in [0, 0.05) is 18.6 Å². The van der Waals surface area contributed by atoms with Gasteiger partial charge in [-0.3, -0.25) is 14.2 Å². The van der Waals surface area contributed by atoms with Crippen LogP contribution in [0.3, 0.4) is 0 Å². The van der Waals surface area contributed by atoms with Crippen LogP contribution in [0, 0.1) is 0 Å². The fraction of sp³-hybridized carbons (Fsp3) is 0.200. The standard InChI is InChI=1S/C20H19ClN4O3/c1-3-13-4-6-14(7-5-13)12-22-18(26)17-19(27)24(2)20(28)25(23-17)16-10-8-15(21)9-11-16/h4-11H,3,12H2,1-2H3,(H,22,26). The van der Waals surface area contributed by atoms with Crippen LogP contribution in [0.1, 0.15) is 28.5 Å². The quantitative estimate of drug-likeness (QED) is 0.713. The van der Waals surface area contributed by atoms with Gasteiger partial charge >= 0.3 is 5.69 Å². The third-order valence-corrected chi connectivity index (χ3v) is 4.60. The van der Waals surface area contributed by atoms with E-state index < -0.39 is 17.2 Å². The molecule has 2 aromatic carbocycles. The molecule has 0 aliphatic carbocycles. The molecule has 0 spiro atoms. The van der Waals surface area contributed by atoms with E-state index in [1.165, 1.54) is 12.6 Å². The zero-order chi connectivity index (χ0) is 20.3. The summed E-state index contributed by atoms with van der Waals surface area (Å²) in [6.07, 6.45) is 0.929. The predicted octanol–water partition coefficient (Wildman–Crippen LogP) is 2.08. The van der Waals surface area contributed by atoms with Crippen molar-refractivity contribution in [2.75, 3.05) is 0 Å². The normalized spacial score (nSPS) is 10.7. The van der Waals surface area contributed by atoms with E-state index in [4.69, 9.17) is 11.6 Å². The number of carbonyl (C=O) groups is 1. The molecule has 28 heavy (non-hydrogen) atoms. The highest BCUT2D eigenvalue weighted by Gasteiger charge is 2.18. The molecule has 0 aliphatic heterocycles. The number of rotatable bonds is 5. The van der Waals surface area contributed by atoms with Crippen molar-refractivity contribution in [3.05, 3.63) is 91.2 Å². The molecule has 0 atom stereocenters. The third-order valence-electron chi connectivity index (χ3n) is 4.35. The van der Waals surface area contributed by atoms with Crippen LogP contribution < -0.4 is 16.6 Å². The van der Waals surface area contributed by atoms with Gasteiger partial charge in [0.15, 0.2) is 0 Å². The molecule has 1 aromatic heterocycles. The van der Waals surface area contributed by atoms with Gasteiger partial charge in [-0.25, -0.2) is 4.79 Å². The molecule has 144 valence electrons. The number of aromatic nitrogens is 3. The molecule has 0 radical (unpaired) electrons. The Hall–Kier alpha value is -3.19. The second-order valence-electron chi connectivity index (χ2n) is 6.24. The molecule has 1 N–H and O–H groups in total. The summed E-state index contributed by atoms with van der Waals surface area (Å²) in [4.78, 5) is 37.3. The highest BCUT2D eigenvalue weighted by Crippen LogP contribution is 2.11. The number of hydrogen-bond donors (Lipinski definition) is 1. The lowest BCUT2D eigenvalue weighted by Crippen LogP contribution is -2.44.